The zero-order valence-electron chi connectivity index (χ0n) is 20.6. The lowest BCUT2D eigenvalue weighted by Crippen LogP contribution is -2.41. The van der Waals surface area contributed by atoms with Crippen molar-refractivity contribution in [3.8, 4) is 0 Å². The second kappa shape index (κ2) is 10.3. The number of sulfonamides is 1. The van der Waals surface area contributed by atoms with Gasteiger partial charge in [0.25, 0.3) is 0 Å². The Hall–Kier alpha value is -2.71. The summed E-state index contributed by atoms with van der Waals surface area (Å²) < 4.78 is 42.3. The molecule has 3 aromatic rings. The number of benzene rings is 2. The number of aromatic amines is 1. The number of fused-ring (bicyclic) bond motifs is 1. The number of nitrogens with one attached hydrogen (secondary N) is 3. The largest absolute Gasteiger partial charge is 0.358 e. The summed E-state index contributed by atoms with van der Waals surface area (Å²) in [7, 11) is -3.66. The van der Waals surface area contributed by atoms with E-state index in [4.69, 9.17) is 0 Å². The van der Waals surface area contributed by atoms with Gasteiger partial charge in [-0.2, -0.15) is 0 Å². The number of rotatable bonds is 7. The minimum absolute atomic E-state index is 0.0385. The highest BCUT2D eigenvalue weighted by atomic mass is 32.2. The van der Waals surface area contributed by atoms with Gasteiger partial charge in [0, 0.05) is 23.2 Å². The van der Waals surface area contributed by atoms with Gasteiger partial charge in [-0.3, -0.25) is 4.79 Å². The Morgan fingerprint density at radius 1 is 0.972 bits per heavy atom. The van der Waals surface area contributed by atoms with E-state index in [-0.39, 0.29) is 34.6 Å². The highest BCUT2D eigenvalue weighted by Crippen LogP contribution is 2.35. The standard InChI is InChI=1S/C28H34FN3O3S/c1-18(19-6-11-23(29)12-7-19)30-28(33)21-8-13-24(14-9-21)32-36(34,35)25-15-10-22-16-26(31-27(22)17-25)20-4-2-3-5-20/h6-7,10-12,15-18,20-21,24,31-32H,2-5,8-9,13-14H2,1H3,(H,30,33)/t18-,21-,24-/m1/s1. The molecule has 5 rings (SSSR count). The van der Waals surface area contributed by atoms with Crippen molar-refractivity contribution < 1.29 is 17.6 Å². The van der Waals surface area contributed by atoms with Gasteiger partial charge >= 0.3 is 0 Å². The maximum Gasteiger partial charge on any atom is 0.240 e. The van der Waals surface area contributed by atoms with Crippen LogP contribution in [0.1, 0.15) is 81.5 Å². The quantitative estimate of drug-likeness (QED) is 0.381. The molecule has 0 radical (unpaired) electrons. The van der Waals surface area contributed by atoms with Crippen LogP contribution in [0.4, 0.5) is 4.39 Å². The summed E-state index contributed by atoms with van der Waals surface area (Å²) in [6.07, 6.45) is 7.33. The molecule has 2 fully saturated rings. The molecule has 2 aliphatic carbocycles. The Balaban J connectivity index is 1.17. The van der Waals surface area contributed by atoms with Crippen molar-refractivity contribution in [2.24, 2.45) is 5.92 Å². The zero-order chi connectivity index (χ0) is 25.3. The van der Waals surface area contributed by atoms with Crippen LogP contribution in [0.25, 0.3) is 10.9 Å². The van der Waals surface area contributed by atoms with Crippen LogP contribution in [0.2, 0.25) is 0 Å². The molecule has 36 heavy (non-hydrogen) atoms. The lowest BCUT2D eigenvalue weighted by molar-refractivity contribution is -0.126. The van der Waals surface area contributed by atoms with E-state index in [2.05, 4.69) is 21.1 Å². The first-order chi connectivity index (χ1) is 17.3. The van der Waals surface area contributed by atoms with Crippen LogP contribution in [-0.2, 0) is 14.8 Å². The van der Waals surface area contributed by atoms with Gasteiger partial charge in [0.15, 0.2) is 0 Å². The van der Waals surface area contributed by atoms with Crippen molar-refractivity contribution in [2.75, 3.05) is 0 Å². The van der Waals surface area contributed by atoms with Crippen molar-refractivity contribution in [1.29, 1.82) is 0 Å². The number of H-pyrrole nitrogens is 1. The summed E-state index contributed by atoms with van der Waals surface area (Å²) in [6, 6.07) is 13.1. The molecule has 8 heteroatoms. The number of aromatic nitrogens is 1. The maximum absolute atomic E-state index is 13.2. The van der Waals surface area contributed by atoms with Gasteiger partial charge in [0.2, 0.25) is 15.9 Å². The summed E-state index contributed by atoms with van der Waals surface area (Å²) in [5, 5.41) is 4.05. The first-order valence-electron chi connectivity index (χ1n) is 13.0. The predicted octanol–water partition coefficient (Wildman–Crippen LogP) is 5.68. The van der Waals surface area contributed by atoms with Gasteiger partial charge in [-0.15, -0.1) is 0 Å². The van der Waals surface area contributed by atoms with Crippen molar-refractivity contribution in [1.82, 2.24) is 15.0 Å². The van der Waals surface area contributed by atoms with Gasteiger partial charge < -0.3 is 10.3 Å². The van der Waals surface area contributed by atoms with Crippen LogP contribution in [0.5, 0.6) is 0 Å². The lowest BCUT2D eigenvalue weighted by atomic mass is 9.85. The fourth-order valence-corrected chi connectivity index (χ4v) is 7.01. The molecular formula is C28H34FN3O3S. The summed E-state index contributed by atoms with van der Waals surface area (Å²) in [6.45, 7) is 1.88. The molecule has 3 N–H and O–H groups in total. The van der Waals surface area contributed by atoms with Crippen molar-refractivity contribution in [3.05, 3.63) is 65.6 Å². The third-order valence-corrected chi connectivity index (χ3v) is 9.39. The van der Waals surface area contributed by atoms with Crippen LogP contribution < -0.4 is 10.0 Å². The highest BCUT2D eigenvalue weighted by molar-refractivity contribution is 7.89. The average Bonchev–Trinajstić information content (AvgIpc) is 3.54. The molecule has 2 aliphatic rings. The van der Waals surface area contributed by atoms with Gasteiger partial charge in [0.1, 0.15) is 5.82 Å². The third kappa shape index (κ3) is 5.49. The van der Waals surface area contributed by atoms with Gasteiger partial charge in [-0.1, -0.05) is 31.0 Å². The van der Waals surface area contributed by atoms with E-state index in [1.54, 1.807) is 24.3 Å². The Morgan fingerprint density at radius 2 is 1.67 bits per heavy atom. The normalized spacial score (nSPS) is 22.1. The summed E-state index contributed by atoms with van der Waals surface area (Å²) in [5.41, 5.74) is 2.91. The number of hydrogen-bond donors (Lipinski definition) is 3. The maximum atomic E-state index is 13.2. The summed E-state index contributed by atoms with van der Waals surface area (Å²) >= 11 is 0. The first-order valence-corrected chi connectivity index (χ1v) is 14.5. The minimum Gasteiger partial charge on any atom is -0.358 e. The first kappa shape index (κ1) is 25.0. The molecule has 1 heterocycles. The lowest BCUT2D eigenvalue weighted by Gasteiger charge is -2.29. The van der Waals surface area contributed by atoms with Crippen LogP contribution in [0, 0.1) is 11.7 Å². The monoisotopic (exact) mass is 511 g/mol. The SMILES string of the molecule is C[C@@H](NC(=O)[C@H]1CC[C@H](NS(=O)(=O)c2ccc3cc(C4CCCC4)[nH]c3c2)CC1)c1ccc(F)cc1. The molecule has 2 saturated carbocycles. The fourth-order valence-electron chi connectivity index (χ4n) is 5.68. The van der Waals surface area contributed by atoms with E-state index in [1.807, 2.05) is 13.0 Å². The van der Waals surface area contributed by atoms with Crippen LogP contribution in [0.15, 0.2) is 53.4 Å². The minimum atomic E-state index is -3.66. The van der Waals surface area contributed by atoms with E-state index in [1.165, 1.54) is 43.5 Å². The molecular weight excluding hydrogens is 477 g/mol. The number of carbonyl (C=O) groups is 1. The molecule has 0 unspecified atom stereocenters. The molecule has 0 bridgehead atoms. The third-order valence-electron chi connectivity index (χ3n) is 7.87. The number of carbonyl (C=O) groups excluding carboxylic acids is 1. The van der Waals surface area contributed by atoms with E-state index in [0.29, 0.717) is 31.6 Å². The van der Waals surface area contributed by atoms with Gasteiger partial charge in [-0.25, -0.2) is 17.5 Å². The van der Waals surface area contributed by atoms with Gasteiger partial charge in [0.05, 0.1) is 10.9 Å². The second-order valence-electron chi connectivity index (χ2n) is 10.4. The number of halogens is 1. The van der Waals surface area contributed by atoms with Gasteiger partial charge in [-0.05, 0) is 92.6 Å². The summed E-state index contributed by atoms with van der Waals surface area (Å²) in [5.74, 6) is 0.0441. The summed E-state index contributed by atoms with van der Waals surface area (Å²) in [4.78, 5) is 16.5. The van der Waals surface area contributed by atoms with Crippen molar-refractivity contribution >= 4 is 26.8 Å². The molecule has 0 aliphatic heterocycles. The Bertz CT molecular complexity index is 1320. The zero-order valence-corrected chi connectivity index (χ0v) is 21.4. The Kier molecular flexibility index (Phi) is 7.17. The molecule has 2 aromatic carbocycles. The van der Waals surface area contributed by atoms with E-state index in [0.717, 1.165) is 16.5 Å². The van der Waals surface area contributed by atoms with E-state index >= 15 is 0 Å². The topological polar surface area (TPSA) is 91.1 Å². The average molecular weight is 512 g/mol. The number of amides is 1. The molecule has 0 spiro atoms. The fraction of sp³-hybridized carbons (Fsp3) is 0.464. The molecule has 1 atom stereocenters. The molecule has 0 saturated heterocycles. The van der Waals surface area contributed by atoms with Crippen molar-refractivity contribution in [3.63, 3.8) is 0 Å². The Morgan fingerprint density at radius 3 is 2.36 bits per heavy atom. The smallest absolute Gasteiger partial charge is 0.240 e. The molecule has 1 aromatic heterocycles. The second-order valence-corrected chi connectivity index (χ2v) is 12.1. The number of hydrogen-bond acceptors (Lipinski definition) is 3. The van der Waals surface area contributed by atoms with Crippen molar-refractivity contribution in [2.45, 2.75) is 81.2 Å². The highest BCUT2D eigenvalue weighted by Gasteiger charge is 2.30. The van der Waals surface area contributed by atoms with E-state index < -0.39 is 10.0 Å². The predicted molar refractivity (Wildman–Crippen MR) is 139 cm³/mol. The molecule has 1 amide bonds. The van der Waals surface area contributed by atoms with Crippen LogP contribution in [0.3, 0.4) is 0 Å². The van der Waals surface area contributed by atoms with Crippen LogP contribution in [-0.4, -0.2) is 25.4 Å². The Labute approximate surface area is 212 Å². The molecule has 6 nitrogen and oxygen atoms in total. The van der Waals surface area contributed by atoms with Crippen LogP contribution >= 0.6 is 0 Å². The molecule has 192 valence electrons. The van der Waals surface area contributed by atoms with E-state index in [9.17, 15) is 17.6 Å².